The summed E-state index contributed by atoms with van der Waals surface area (Å²) < 4.78 is 0. The molecule has 20 heavy (non-hydrogen) atoms. The molecule has 1 aromatic carbocycles. The van der Waals surface area contributed by atoms with E-state index in [0.717, 1.165) is 18.5 Å². The third kappa shape index (κ3) is 3.71. The summed E-state index contributed by atoms with van der Waals surface area (Å²) in [7, 11) is 0. The Balaban J connectivity index is 1.40. The summed E-state index contributed by atoms with van der Waals surface area (Å²) in [4.78, 5) is 1.50. The van der Waals surface area contributed by atoms with Crippen LogP contribution in [0.1, 0.15) is 42.0 Å². The molecule has 0 bridgehead atoms. The monoisotopic (exact) mass is 285 g/mol. The minimum absolute atomic E-state index is 0.731. The molecular weight excluding hydrogens is 262 g/mol. The SMILES string of the molecule is c1ccc(C2CCC(NCCc3cccs3)CC2)cc1. The van der Waals surface area contributed by atoms with Crippen LogP contribution in [0.25, 0.3) is 0 Å². The first-order valence-corrected chi connectivity index (χ1v) is 8.60. The van der Waals surface area contributed by atoms with Gasteiger partial charge in [0.15, 0.2) is 0 Å². The molecule has 1 aliphatic rings. The fourth-order valence-electron chi connectivity index (χ4n) is 3.21. The lowest BCUT2D eigenvalue weighted by molar-refractivity contribution is 0.344. The smallest absolute Gasteiger partial charge is 0.00676 e. The highest BCUT2D eigenvalue weighted by Gasteiger charge is 2.21. The van der Waals surface area contributed by atoms with Crippen molar-refractivity contribution in [3.05, 3.63) is 58.3 Å². The molecule has 0 radical (unpaired) electrons. The van der Waals surface area contributed by atoms with E-state index in [2.05, 4.69) is 53.2 Å². The van der Waals surface area contributed by atoms with Gasteiger partial charge in [-0.15, -0.1) is 11.3 Å². The number of rotatable bonds is 5. The first-order chi connectivity index (χ1) is 9.92. The van der Waals surface area contributed by atoms with E-state index in [1.807, 2.05) is 11.3 Å². The fraction of sp³-hybridized carbons (Fsp3) is 0.444. The summed E-state index contributed by atoms with van der Waals surface area (Å²) in [5.74, 6) is 0.784. The van der Waals surface area contributed by atoms with Crippen LogP contribution >= 0.6 is 11.3 Å². The van der Waals surface area contributed by atoms with Crippen LogP contribution in [0.4, 0.5) is 0 Å². The van der Waals surface area contributed by atoms with E-state index in [9.17, 15) is 0 Å². The van der Waals surface area contributed by atoms with E-state index >= 15 is 0 Å². The van der Waals surface area contributed by atoms with Gasteiger partial charge in [0.1, 0.15) is 0 Å². The van der Waals surface area contributed by atoms with Crippen LogP contribution in [0.3, 0.4) is 0 Å². The number of benzene rings is 1. The molecule has 1 aliphatic carbocycles. The Kier molecular flexibility index (Phi) is 4.88. The normalized spacial score (nSPS) is 22.8. The molecule has 0 atom stereocenters. The van der Waals surface area contributed by atoms with Gasteiger partial charge in [0, 0.05) is 17.5 Å². The molecule has 1 N–H and O–H groups in total. The lowest BCUT2D eigenvalue weighted by Crippen LogP contribution is -2.34. The molecule has 0 unspecified atom stereocenters. The van der Waals surface area contributed by atoms with Crippen molar-refractivity contribution < 1.29 is 0 Å². The van der Waals surface area contributed by atoms with Gasteiger partial charge in [-0.3, -0.25) is 0 Å². The number of hydrogen-bond acceptors (Lipinski definition) is 2. The molecule has 0 spiro atoms. The van der Waals surface area contributed by atoms with Crippen molar-refractivity contribution in [2.45, 2.75) is 44.1 Å². The molecular formula is C18H23NS. The third-order valence-electron chi connectivity index (χ3n) is 4.38. The maximum atomic E-state index is 3.74. The van der Waals surface area contributed by atoms with Gasteiger partial charge >= 0.3 is 0 Å². The fourth-order valence-corrected chi connectivity index (χ4v) is 3.92. The summed E-state index contributed by atoms with van der Waals surface area (Å²) >= 11 is 1.87. The van der Waals surface area contributed by atoms with Crippen LogP contribution in [-0.2, 0) is 6.42 Å². The van der Waals surface area contributed by atoms with Crippen LogP contribution in [-0.4, -0.2) is 12.6 Å². The summed E-state index contributed by atoms with van der Waals surface area (Å²) in [6.07, 6.45) is 6.49. The predicted molar refractivity (Wildman–Crippen MR) is 87.5 cm³/mol. The molecule has 0 amide bonds. The molecule has 106 valence electrons. The first-order valence-electron chi connectivity index (χ1n) is 7.72. The van der Waals surface area contributed by atoms with Crippen molar-refractivity contribution in [3.8, 4) is 0 Å². The van der Waals surface area contributed by atoms with Gasteiger partial charge in [0.2, 0.25) is 0 Å². The average Bonchev–Trinajstić information content (AvgIpc) is 3.02. The highest BCUT2D eigenvalue weighted by Crippen LogP contribution is 2.32. The highest BCUT2D eigenvalue weighted by molar-refractivity contribution is 7.09. The van der Waals surface area contributed by atoms with E-state index in [1.54, 1.807) is 0 Å². The lowest BCUT2D eigenvalue weighted by atomic mass is 9.82. The quantitative estimate of drug-likeness (QED) is 0.846. The number of nitrogens with one attached hydrogen (secondary N) is 1. The van der Waals surface area contributed by atoms with Crippen LogP contribution in [0.5, 0.6) is 0 Å². The predicted octanol–water partition coefficient (Wildman–Crippen LogP) is 4.61. The average molecular weight is 285 g/mol. The third-order valence-corrected chi connectivity index (χ3v) is 5.32. The highest BCUT2D eigenvalue weighted by atomic mass is 32.1. The molecule has 1 saturated carbocycles. The van der Waals surface area contributed by atoms with E-state index < -0.39 is 0 Å². The Morgan fingerprint density at radius 3 is 2.45 bits per heavy atom. The minimum Gasteiger partial charge on any atom is -0.314 e. The Labute approximate surface area is 126 Å². The Hall–Kier alpha value is -1.12. The van der Waals surface area contributed by atoms with Gasteiger partial charge in [-0.05, 0) is 55.0 Å². The van der Waals surface area contributed by atoms with E-state index in [0.29, 0.717) is 0 Å². The van der Waals surface area contributed by atoms with E-state index in [4.69, 9.17) is 0 Å². The second-order valence-corrected chi connectivity index (χ2v) is 6.77. The van der Waals surface area contributed by atoms with Crippen molar-refractivity contribution in [1.29, 1.82) is 0 Å². The second-order valence-electron chi connectivity index (χ2n) is 5.74. The summed E-state index contributed by atoms with van der Waals surface area (Å²) in [6.45, 7) is 1.13. The molecule has 1 heterocycles. The molecule has 1 fully saturated rings. The largest absolute Gasteiger partial charge is 0.314 e. The lowest BCUT2D eigenvalue weighted by Gasteiger charge is -2.29. The molecule has 2 heteroatoms. The number of hydrogen-bond donors (Lipinski definition) is 1. The van der Waals surface area contributed by atoms with Crippen molar-refractivity contribution in [3.63, 3.8) is 0 Å². The van der Waals surface area contributed by atoms with Crippen LogP contribution in [0.2, 0.25) is 0 Å². The molecule has 1 nitrogen and oxygen atoms in total. The Morgan fingerprint density at radius 1 is 0.950 bits per heavy atom. The van der Waals surface area contributed by atoms with Crippen LogP contribution in [0, 0.1) is 0 Å². The summed E-state index contributed by atoms with van der Waals surface area (Å²) in [5.41, 5.74) is 1.53. The maximum absolute atomic E-state index is 3.74. The van der Waals surface area contributed by atoms with Crippen LogP contribution < -0.4 is 5.32 Å². The van der Waals surface area contributed by atoms with Crippen molar-refractivity contribution in [1.82, 2.24) is 5.32 Å². The molecule has 2 aromatic rings. The molecule has 0 saturated heterocycles. The number of thiophene rings is 1. The molecule has 1 aromatic heterocycles. The van der Waals surface area contributed by atoms with Crippen molar-refractivity contribution >= 4 is 11.3 Å². The maximum Gasteiger partial charge on any atom is 0.00676 e. The summed E-state index contributed by atoms with van der Waals surface area (Å²) in [6, 6.07) is 16.1. The van der Waals surface area contributed by atoms with E-state index in [1.165, 1.54) is 42.5 Å². The van der Waals surface area contributed by atoms with E-state index in [-0.39, 0.29) is 0 Å². The Morgan fingerprint density at radius 2 is 1.75 bits per heavy atom. The zero-order valence-corrected chi connectivity index (χ0v) is 12.7. The molecule has 0 aliphatic heterocycles. The Bertz CT molecular complexity index is 483. The zero-order chi connectivity index (χ0) is 13.6. The van der Waals surface area contributed by atoms with Gasteiger partial charge in [-0.2, -0.15) is 0 Å². The zero-order valence-electron chi connectivity index (χ0n) is 11.9. The van der Waals surface area contributed by atoms with Crippen molar-refractivity contribution in [2.24, 2.45) is 0 Å². The van der Waals surface area contributed by atoms with Crippen LogP contribution in [0.15, 0.2) is 47.8 Å². The second kappa shape index (κ2) is 7.05. The topological polar surface area (TPSA) is 12.0 Å². The standard InChI is InChI=1S/C18H23NS/c1-2-5-15(6-3-1)16-8-10-17(11-9-16)19-13-12-18-7-4-14-20-18/h1-7,14,16-17,19H,8-13H2. The van der Waals surface area contributed by atoms with Gasteiger partial charge in [-0.1, -0.05) is 36.4 Å². The molecule has 3 rings (SSSR count). The summed E-state index contributed by atoms with van der Waals surface area (Å²) in [5, 5.41) is 5.91. The van der Waals surface area contributed by atoms with Gasteiger partial charge in [0.25, 0.3) is 0 Å². The van der Waals surface area contributed by atoms with Gasteiger partial charge in [0.05, 0.1) is 0 Å². The van der Waals surface area contributed by atoms with Gasteiger partial charge < -0.3 is 5.32 Å². The first kappa shape index (κ1) is 13.8. The van der Waals surface area contributed by atoms with Crippen molar-refractivity contribution in [2.75, 3.05) is 6.54 Å². The van der Waals surface area contributed by atoms with Gasteiger partial charge in [-0.25, -0.2) is 0 Å². The minimum atomic E-state index is 0.731.